The molecule has 88 valence electrons. The van der Waals surface area contributed by atoms with E-state index in [4.69, 9.17) is 5.73 Å². The van der Waals surface area contributed by atoms with Gasteiger partial charge >= 0.3 is 0 Å². The first-order valence-corrected chi connectivity index (χ1v) is 6.24. The van der Waals surface area contributed by atoms with Gasteiger partial charge in [-0.2, -0.15) is 0 Å². The fraction of sp³-hybridized carbons (Fsp3) is 0.846. The molecular weight excluding hydrogens is 184 g/mol. The summed E-state index contributed by atoms with van der Waals surface area (Å²) < 4.78 is 0. The lowest BCUT2D eigenvalue weighted by Gasteiger charge is -2.35. The van der Waals surface area contributed by atoms with Crippen molar-refractivity contribution in [2.75, 3.05) is 19.6 Å². The van der Waals surface area contributed by atoms with Gasteiger partial charge in [-0.05, 0) is 58.5 Å². The summed E-state index contributed by atoms with van der Waals surface area (Å²) in [7, 11) is 0. The van der Waals surface area contributed by atoms with Gasteiger partial charge in [0.2, 0.25) is 0 Å². The predicted molar refractivity (Wildman–Crippen MR) is 66.9 cm³/mol. The van der Waals surface area contributed by atoms with E-state index in [0.29, 0.717) is 6.04 Å². The number of piperidine rings is 1. The Hall–Kier alpha value is -0.340. The smallest absolute Gasteiger partial charge is 0.00387 e. The number of nitrogens with two attached hydrogens (primary N) is 1. The Morgan fingerprint density at radius 1 is 1.53 bits per heavy atom. The molecule has 0 amide bonds. The predicted octanol–water partition coefficient (Wildman–Crippen LogP) is 2.40. The van der Waals surface area contributed by atoms with Crippen LogP contribution in [0.2, 0.25) is 0 Å². The van der Waals surface area contributed by atoms with Crippen LogP contribution in [-0.4, -0.2) is 30.6 Å². The Bertz CT molecular complexity index is 199. The number of likely N-dealkylation sites (tertiary alicyclic amines) is 1. The molecule has 0 aromatic rings. The van der Waals surface area contributed by atoms with E-state index in [0.717, 1.165) is 18.9 Å². The van der Waals surface area contributed by atoms with E-state index in [9.17, 15) is 0 Å². The first kappa shape index (κ1) is 12.7. The summed E-state index contributed by atoms with van der Waals surface area (Å²) in [5, 5.41) is 0. The highest BCUT2D eigenvalue weighted by atomic mass is 15.2. The minimum atomic E-state index is 0.690. The molecule has 0 saturated carbocycles. The lowest BCUT2D eigenvalue weighted by Crippen LogP contribution is -2.40. The highest BCUT2D eigenvalue weighted by molar-refractivity contribution is 4.97. The van der Waals surface area contributed by atoms with Crippen molar-refractivity contribution >= 4 is 0 Å². The maximum Gasteiger partial charge on any atom is 0.00387 e. The second-order valence-corrected chi connectivity index (χ2v) is 5.09. The van der Waals surface area contributed by atoms with Gasteiger partial charge in [-0.1, -0.05) is 12.2 Å². The van der Waals surface area contributed by atoms with E-state index in [2.05, 4.69) is 25.3 Å². The van der Waals surface area contributed by atoms with E-state index in [1.807, 2.05) is 0 Å². The molecule has 0 spiro atoms. The molecule has 1 unspecified atom stereocenters. The van der Waals surface area contributed by atoms with E-state index in [-0.39, 0.29) is 0 Å². The van der Waals surface area contributed by atoms with Crippen LogP contribution in [0.5, 0.6) is 0 Å². The average Bonchev–Trinajstić information content (AvgIpc) is 2.18. The molecule has 0 bridgehead atoms. The van der Waals surface area contributed by atoms with Gasteiger partial charge in [0.1, 0.15) is 0 Å². The van der Waals surface area contributed by atoms with Crippen molar-refractivity contribution in [3.05, 3.63) is 12.2 Å². The Balaban J connectivity index is 2.33. The maximum absolute atomic E-state index is 5.54. The van der Waals surface area contributed by atoms with Crippen LogP contribution in [0.4, 0.5) is 0 Å². The highest BCUT2D eigenvalue weighted by Gasteiger charge is 2.21. The third-order valence-corrected chi connectivity index (χ3v) is 3.36. The van der Waals surface area contributed by atoms with E-state index in [1.54, 1.807) is 0 Å². The van der Waals surface area contributed by atoms with Crippen molar-refractivity contribution in [1.82, 2.24) is 4.90 Å². The summed E-state index contributed by atoms with van der Waals surface area (Å²) in [5.41, 5.74) is 6.88. The van der Waals surface area contributed by atoms with Crippen LogP contribution in [-0.2, 0) is 0 Å². The van der Waals surface area contributed by atoms with Crippen molar-refractivity contribution < 1.29 is 0 Å². The summed E-state index contributed by atoms with van der Waals surface area (Å²) in [6, 6.07) is 0.690. The van der Waals surface area contributed by atoms with Gasteiger partial charge in [-0.3, -0.25) is 0 Å². The van der Waals surface area contributed by atoms with Crippen LogP contribution >= 0.6 is 0 Å². The molecule has 0 radical (unpaired) electrons. The van der Waals surface area contributed by atoms with Gasteiger partial charge in [0, 0.05) is 12.6 Å². The maximum atomic E-state index is 5.54. The molecule has 1 heterocycles. The molecule has 1 aliphatic heterocycles. The first-order chi connectivity index (χ1) is 7.13. The Morgan fingerprint density at radius 2 is 2.27 bits per heavy atom. The monoisotopic (exact) mass is 210 g/mol. The van der Waals surface area contributed by atoms with Gasteiger partial charge in [0.15, 0.2) is 0 Å². The zero-order valence-corrected chi connectivity index (χ0v) is 10.3. The molecule has 1 atom stereocenters. The average molecular weight is 210 g/mol. The number of hydrogen-bond acceptors (Lipinski definition) is 2. The van der Waals surface area contributed by atoms with Crippen LogP contribution < -0.4 is 5.73 Å². The van der Waals surface area contributed by atoms with Gasteiger partial charge in [0.05, 0.1) is 0 Å². The lowest BCUT2D eigenvalue weighted by atomic mass is 9.90. The molecule has 1 aliphatic rings. The van der Waals surface area contributed by atoms with Crippen LogP contribution in [0.15, 0.2) is 12.2 Å². The van der Waals surface area contributed by atoms with E-state index in [1.165, 1.54) is 37.9 Å². The first-order valence-electron chi connectivity index (χ1n) is 6.24. The molecule has 1 saturated heterocycles. The fourth-order valence-electron chi connectivity index (χ4n) is 2.45. The van der Waals surface area contributed by atoms with Crippen LogP contribution in [0.25, 0.3) is 0 Å². The Labute approximate surface area is 94.5 Å². The molecule has 1 rings (SSSR count). The Morgan fingerprint density at radius 3 is 2.87 bits per heavy atom. The zero-order chi connectivity index (χ0) is 11.3. The summed E-state index contributed by atoms with van der Waals surface area (Å²) in [4.78, 5) is 2.59. The molecule has 0 aliphatic carbocycles. The van der Waals surface area contributed by atoms with Crippen molar-refractivity contribution in [2.45, 2.75) is 45.6 Å². The van der Waals surface area contributed by atoms with Crippen molar-refractivity contribution in [3.8, 4) is 0 Å². The third-order valence-electron chi connectivity index (χ3n) is 3.36. The van der Waals surface area contributed by atoms with Crippen LogP contribution in [0.1, 0.15) is 39.5 Å². The number of rotatable bonds is 5. The van der Waals surface area contributed by atoms with E-state index >= 15 is 0 Å². The largest absolute Gasteiger partial charge is 0.330 e. The summed E-state index contributed by atoms with van der Waals surface area (Å²) in [6.45, 7) is 12.0. The Kier molecular flexibility index (Phi) is 5.34. The molecular formula is C13H26N2. The molecule has 2 N–H and O–H groups in total. The fourth-order valence-corrected chi connectivity index (χ4v) is 2.45. The van der Waals surface area contributed by atoms with Gasteiger partial charge < -0.3 is 10.6 Å². The van der Waals surface area contributed by atoms with Crippen molar-refractivity contribution in [1.29, 1.82) is 0 Å². The summed E-state index contributed by atoms with van der Waals surface area (Å²) in [6.07, 6.45) is 4.89. The molecule has 15 heavy (non-hydrogen) atoms. The van der Waals surface area contributed by atoms with Crippen LogP contribution in [0, 0.1) is 5.92 Å². The van der Waals surface area contributed by atoms with Crippen LogP contribution in [0.3, 0.4) is 0 Å². The van der Waals surface area contributed by atoms with Gasteiger partial charge in [0.25, 0.3) is 0 Å². The second kappa shape index (κ2) is 6.29. The molecule has 2 nitrogen and oxygen atoms in total. The summed E-state index contributed by atoms with van der Waals surface area (Å²) in [5.74, 6) is 0.820. The third kappa shape index (κ3) is 4.35. The van der Waals surface area contributed by atoms with E-state index < -0.39 is 0 Å². The number of hydrogen-bond donors (Lipinski definition) is 1. The van der Waals surface area contributed by atoms with Gasteiger partial charge in [-0.15, -0.1) is 0 Å². The second-order valence-electron chi connectivity index (χ2n) is 5.09. The molecule has 0 aromatic heterocycles. The SMILES string of the molecule is C=C(CCN)CC1CCCN(C(C)C)C1. The summed E-state index contributed by atoms with van der Waals surface area (Å²) >= 11 is 0. The minimum Gasteiger partial charge on any atom is -0.330 e. The van der Waals surface area contributed by atoms with Crippen molar-refractivity contribution in [3.63, 3.8) is 0 Å². The quantitative estimate of drug-likeness (QED) is 0.706. The molecule has 1 fully saturated rings. The normalized spacial score (nSPS) is 23.3. The molecule has 0 aromatic carbocycles. The zero-order valence-electron chi connectivity index (χ0n) is 10.3. The topological polar surface area (TPSA) is 29.3 Å². The standard InChI is InChI=1S/C13H26N2/c1-11(2)15-8-4-5-13(10-15)9-12(3)6-7-14/h11,13H,3-10,14H2,1-2H3. The number of nitrogens with zero attached hydrogens (tertiary/aromatic N) is 1. The van der Waals surface area contributed by atoms with Crippen molar-refractivity contribution in [2.24, 2.45) is 11.7 Å². The molecule has 2 heteroatoms. The minimum absolute atomic E-state index is 0.690. The highest BCUT2D eigenvalue weighted by Crippen LogP contribution is 2.24. The lowest BCUT2D eigenvalue weighted by molar-refractivity contribution is 0.139. The van der Waals surface area contributed by atoms with Gasteiger partial charge in [-0.25, -0.2) is 0 Å².